The molecule has 2 aromatic rings. The van der Waals surface area contributed by atoms with Crippen molar-refractivity contribution in [1.82, 2.24) is 10.3 Å². The van der Waals surface area contributed by atoms with Crippen LogP contribution in [0.1, 0.15) is 47.4 Å². The van der Waals surface area contributed by atoms with Crippen LogP contribution in [0.25, 0.3) is 0 Å². The Bertz CT molecular complexity index is 1160. The smallest absolute Gasteiger partial charge is 0.265 e. The molecule has 198 valence electrons. The lowest BCUT2D eigenvalue weighted by atomic mass is 9.93. The highest BCUT2D eigenvalue weighted by molar-refractivity contribution is 6.03. The number of aromatic nitrogens is 1. The van der Waals surface area contributed by atoms with Gasteiger partial charge in [-0.25, -0.2) is 13.8 Å². The first-order valence-corrected chi connectivity index (χ1v) is 12.4. The molecule has 1 aromatic heterocycles. The van der Waals surface area contributed by atoms with Crippen molar-refractivity contribution >= 4 is 17.5 Å². The molecule has 8 heteroatoms. The number of halogens is 2. The first kappa shape index (κ1) is 27.8. The van der Waals surface area contributed by atoms with E-state index in [9.17, 15) is 18.4 Å². The summed E-state index contributed by atoms with van der Waals surface area (Å²) in [4.78, 5) is 32.6. The van der Waals surface area contributed by atoms with Crippen molar-refractivity contribution in [2.24, 2.45) is 0 Å². The van der Waals surface area contributed by atoms with Crippen LogP contribution < -0.4 is 15.0 Å². The average Bonchev–Trinajstić information content (AvgIpc) is 2.90. The lowest BCUT2D eigenvalue weighted by Crippen LogP contribution is -2.54. The monoisotopic (exact) mass is 511 g/mol. The quantitative estimate of drug-likeness (QED) is 0.403. The molecule has 0 bridgehead atoms. The van der Waals surface area contributed by atoms with Gasteiger partial charge in [-0.3, -0.25) is 14.5 Å². The van der Waals surface area contributed by atoms with Gasteiger partial charge >= 0.3 is 0 Å². The third-order valence-corrected chi connectivity index (χ3v) is 6.26. The Labute approximate surface area is 218 Å². The molecule has 1 aliphatic rings. The van der Waals surface area contributed by atoms with Crippen molar-refractivity contribution in [1.29, 1.82) is 0 Å². The van der Waals surface area contributed by atoms with Crippen LogP contribution in [-0.4, -0.2) is 35.5 Å². The van der Waals surface area contributed by atoms with Gasteiger partial charge in [0.05, 0.1) is 6.20 Å². The molecule has 1 N–H and O–H groups in total. The summed E-state index contributed by atoms with van der Waals surface area (Å²) in [6.07, 6.45) is 11.0. The number of pyridine rings is 1. The van der Waals surface area contributed by atoms with Gasteiger partial charge in [-0.2, -0.15) is 0 Å². The molecular formula is C29H35F2N3O3. The van der Waals surface area contributed by atoms with E-state index in [1.54, 1.807) is 31.2 Å². The number of amides is 2. The van der Waals surface area contributed by atoms with Gasteiger partial charge < -0.3 is 10.1 Å². The molecule has 0 saturated heterocycles. The Balaban J connectivity index is 0.00000507. The van der Waals surface area contributed by atoms with E-state index in [2.05, 4.69) is 16.9 Å². The second kappa shape index (κ2) is 13.5. The third-order valence-electron chi connectivity index (χ3n) is 6.26. The summed E-state index contributed by atoms with van der Waals surface area (Å²) in [7, 11) is 0. The maximum atomic E-state index is 14.3. The maximum Gasteiger partial charge on any atom is 0.265 e. The van der Waals surface area contributed by atoms with Gasteiger partial charge in [0.15, 0.2) is 6.61 Å². The molecule has 0 spiro atoms. The third kappa shape index (κ3) is 7.59. The molecule has 1 fully saturated rings. The van der Waals surface area contributed by atoms with Crippen LogP contribution in [-0.2, 0) is 9.59 Å². The Morgan fingerprint density at radius 2 is 1.97 bits per heavy atom. The molecule has 3 rings (SSSR count). The topological polar surface area (TPSA) is 71.5 Å². The lowest BCUT2D eigenvalue weighted by Gasteiger charge is -2.34. The van der Waals surface area contributed by atoms with E-state index in [4.69, 9.17) is 4.74 Å². The normalized spacial score (nSPS) is 15.6. The number of benzene rings is 1. The standard InChI is InChI=1S/C29H33F2N3O3.H2/c1-4-10-25(20(3)5-2)28(29(36)33-23-12-7-6-8-13-23)34(24-14-9-11-21(30)17-24)27(35)19-37-26-16-15-22(31)18-32-26;/h4-5,9-11,14-18,23,28H,2,6-8,12-13,19H2,1,3H3,(H,33,36);1H/b10-4-,25-20+;. The molecule has 0 aliphatic heterocycles. The van der Waals surface area contributed by atoms with Gasteiger partial charge in [0, 0.05) is 19.2 Å². The molecule has 1 unspecified atom stereocenters. The van der Waals surface area contributed by atoms with E-state index in [1.165, 1.54) is 29.2 Å². The number of nitrogens with one attached hydrogen (secondary N) is 1. The number of carbonyl (C=O) groups is 2. The second-order valence-electron chi connectivity index (χ2n) is 8.94. The number of allylic oxidation sites excluding steroid dienone is 3. The Morgan fingerprint density at radius 1 is 1.22 bits per heavy atom. The van der Waals surface area contributed by atoms with Crippen molar-refractivity contribution < 1.29 is 24.5 Å². The highest BCUT2D eigenvalue weighted by Gasteiger charge is 2.35. The molecule has 1 atom stereocenters. The Kier molecular flexibility index (Phi) is 10.1. The van der Waals surface area contributed by atoms with Crippen molar-refractivity contribution in [3.63, 3.8) is 0 Å². The van der Waals surface area contributed by atoms with Crippen LogP contribution in [0.4, 0.5) is 14.5 Å². The van der Waals surface area contributed by atoms with Crippen LogP contribution in [0.15, 0.2) is 78.5 Å². The van der Waals surface area contributed by atoms with E-state index >= 15 is 0 Å². The van der Waals surface area contributed by atoms with E-state index < -0.39 is 30.2 Å². The molecule has 1 aromatic carbocycles. The number of nitrogens with zero attached hydrogens (tertiary/aromatic N) is 2. The summed E-state index contributed by atoms with van der Waals surface area (Å²) in [6, 6.07) is 6.84. The highest BCUT2D eigenvalue weighted by atomic mass is 19.1. The number of hydrogen-bond donors (Lipinski definition) is 1. The van der Waals surface area contributed by atoms with Gasteiger partial charge in [-0.1, -0.05) is 50.1 Å². The zero-order valence-corrected chi connectivity index (χ0v) is 21.3. The summed E-state index contributed by atoms with van der Waals surface area (Å²) in [6.45, 7) is 6.96. The Morgan fingerprint density at radius 3 is 2.59 bits per heavy atom. The van der Waals surface area contributed by atoms with E-state index in [-0.39, 0.29) is 24.9 Å². The molecule has 1 aliphatic carbocycles. The maximum absolute atomic E-state index is 14.3. The number of rotatable bonds is 10. The molecule has 1 heterocycles. The molecule has 0 radical (unpaired) electrons. The lowest BCUT2D eigenvalue weighted by molar-refractivity contribution is -0.127. The minimum atomic E-state index is -1.12. The van der Waals surface area contributed by atoms with E-state index in [1.807, 2.05) is 6.92 Å². The SMILES string of the molecule is C=C/C(C)=C(\C=C/C)C(C(=O)NC1CCCCC1)N(C(=O)COc1ccc(F)cn1)c1cccc(F)c1.[HH]. The predicted molar refractivity (Wildman–Crippen MR) is 142 cm³/mol. The summed E-state index contributed by atoms with van der Waals surface area (Å²) in [5, 5.41) is 3.11. The molecule has 1 saturated carbocycles. The fourth-order valence-corrected chi connectivity index (χ4v) is 4.38. The zero-order valence-electron chi connectivity index (χ0n) is 21.3. The fourth-order valence-electron chi connectivity index (χ4n) is 4.38. The van der Waals surface area contributed by atoms with Crippen LogP contribution in [0, 0.1) is 11.6 Å². The van der Waals surface area contributed by atoms with Crippen LogP contribution >= 0.6 is 0 Å². The summed E-state index contributed by atoms with van der Waals surface area (Å²) >= 11 is 0. The minimum Gasteiger partial charge on any atom is -0.468 e. The summed E-state index contributed by atoms with van der Waals surface area (Å²) in [5.41, 5.74) is 1.43. The van der Waals surface area contributed by atoms with Gasteiger partial charge in [0.1, 0.15) is 17.7 Å². The van der Waals surface area contributed by atoms with Crippen molar-refractivity contribution in [3.8, 4) is 5.88 Å². The molecule has 37 heavy (non-hydrogen) atoms. The first-order valence-electron chi connectivity index (χ1n) is 12.4. The van der Waals surface area contributed by atoms with Gasteiger partial charge in [-0.15, -0.1) is 0 Å². The average molecular weight is 512 g/mol. The number of ether oxygens (including phenoxy) is 1. The van der Waals surface area contributed by atoms with E-state index in [0.29, 0.717) is 11.1 Å². The zero-order chi connectivity index (χ0) is 26.8. The highest BCUT2D eigenvalue weighted by Crippen LogP contribution is 2.27. The number of carbonyl (C=O) groups excluding carboxylic acids is 2. The largest absolute Gasteiger partial charge is 0.468 e. The summed E-state index contributed by atoms with van der Waals surface area (Å²) in [5.74, 6) is -2.03. The van der Waals surface area contributed by atoms with Gasteiger partial charge in [0.25, 0.3) is 5.91 Å². The number of anilines is 1. The van der Waals surface area contributed by atoms with Crippen molar-refractivity contribution in [2.45, 2.75) is 58.0 Å². The van der Waals surface area contributed by atoms with Crippen molar-refractivity contribution in [2.75, 3.05) is 11.5 Å². The van der Waals surface area contributed by atoms with Gasteiger partial charge in [-0.05, 0) is 62.1 Å². The number of hydrogen-bond acceptors (Lipinski definition) is 4. The Hall–Kier alpha value is -3.81. The first-order chi connectivity index (χ1) is 17.8. The predicted octanol–water partition coefficient (Wildman–Crippen LogP) is 5.91. The van der Waals surface area contributed by atoms with Crippen LogP contribution in [0.2, 0.25) is 0 Å². The van der Waals surface area contributed by atoms with Crippen LogP contribution in [0.3, 0.4) is 0 Å². The fraction of sp³-hybridized carbons (Fsp3) is 0.345. The molecular weight excluding hydrogens is 476 g/mol. The molecule has 2 amide bonds. The van der Waals surface area contributed by atoms with Gasteiger partial charge in [0.2, 0.25) is 11.8 Å². The van der Waals surface area contributed by atoms with E-state index in [0.717, 1.165) is 44.4 Å². The minimum absolute atomic E-state index is 0. The van der Waals surface area contributed by atoms with Crippen LogP contribution in [0.5, 0.6) is 5.88 Å². The molecule has 6 nitrogen and oxygen atoms in total. The van der Waals surface area contributed by atoms with Crippen molar-refractivity contribution in [3.05, 3.63) is 90.2 Å². The summed E-state index contributed by atoms with van der Waals surface area (Å²) < 4.78 is 33.1. The second-order valence-corrected chi connectivity index (χ2v) is 8.94.